The SMILES string of the molecule is [B]c1ccccc1-c1ccc(-n2c3c([B])cc([B])c([B])c3c3c([B])c(-c4cc([B])c5c(c4[B])c4c([B])c([B])cc([B])c4n5-c4ccc(-c5ccccc5[B])cc4[B])cc([B])c32)c([B])c1. The van der Waals surface area contributed by atoms with Crippen LogP contribution >= 0.6 is 0 Å². The molecule has 28 radical (unpaired) electrons. The van der Waals surface area contributed by atoms with Crippen molar-refractivity contribution in [1.29, 1.82) is 0 Å². The van der Waals surface area contributed by atoms with E-state index in [9.17, 15) is 0 Å². The number of rotatable bonds is 5. The molecule has 2 heterocycles. The van der Waals surface area contributed by atoms with E-state index in [-0.39, 0.29) is 32.8 Å². The number of hydrogen-bond acceptors (Lipinski definition) is 0. The molecule has 262 valence electrons. The maximum Gasteiger partial charge on any atom is 0.116 e. The van der Waals surface area contributed by atoms with Crippen LogP contribution in [0.15, 0.2) is 109 Å². The van der Waals surface area contributed by atoms with E-state index in [4.69, 9.17) is 110 Å². The van der Waals surface area contributed by atoms with Gasteiger partial charge < -0.3 is 9.13 Å². The van der Waals surface area contributed by atoms with E-state index in [0.29, 0.717) is 110 Å². The van der Waals surface area contributed by atoms with Gasteiger partial charge in [-0.15, -0.1) is 10.9 Å². The molecule has 16 heteroatoms. The van der Waals surface area contributed by atoms with E-state index in [1.165, 1.54) is 0 Å². The summed E-state index contributed by atoms with van der Waals surface area (Å²) in [5.41, 5.74) is 12.0. The van der Waals surface area contributed by atoms with E-state index in [1.807, 2.05) is 94.1 Å². The molecule has 64 heavy (non-hydrogen) atoms. The maximum atomic E-state index is 7.30. The minimum Gasteiger partial charge on any atom is -0.311 e. The zero-order chi connectivity index (χ0) is 45.2. The van der Waals surface area contributed by atoms with Gasteiger partial charge in [-0.05, 0) is 56.3 Å². The van der Waals surface area contributed by atoms with E-state index in [1.54, 1.807) is 24.3 Å². The molecule has 8 aromatic carbocycles. The molecule has 0 N–H and O–H groups in total. The second-order valence-electron chi connectivity index (χ2n) is 16.1. The lowest BCUT2D eigenvalue weighted by Gasteiger charge is -2.20. The fraction of sp³-hybridized carbons (Fsp3) is 0. The Kier molecular flexibility index (Phi) is 10.2. The Hall–Kier alpha value is -5.73. The van der Waals surface area contributed by atoms with Crippen molar-refractivity contribution in [3.63, 3.8) is 0 Å². The van der Waals surface area contributed by atoms with Crippen LogP contribution in [0, 0.1) is 0 Å². The molecule has 0 saturated carbocycles. The molecule has 0 aliphatic carbocycles. The maximum absolute atomic E-state index is 7.30. The van der Waals surface area contributed by atoms with E-state index in [0.717, 1.165) is 22.3 Å². The third-order valence-electron chi connectivity index (χ3n) is 12.3. The summed E-state index contributed by atoms with van der Waals surface area (Å²) in [5.74, 6) is 0. The van der Waals surface area contributed by atoms with E-state index >= 15 is 0 Å². The molecule has 0 saturated heterocycles. The van der Waals surface area contributed by atoms with Gasteiger partial charge in [0.1, 0.15) is 110 Å². The molecule has 2 aromatic heterocycles. The van der Waals surface area contributed by atoms with Crippen LogP contribution in [-0.2, 0) is 0 Å². The molecule has 10 aromatic rings. The van der Waals surface area contributed by atoms with Crippen LogP contribution < -0.4 is 76.5 Å². The van der Waals surface area contributed by atoms with Crippen molar-refractivity contribution in [2.24, 2.45) is 0 Å². The third-order valence-corrected chi connectivity index (χ3v) is 12.3. The van der Waals surface area contributed by atoms with Gasteiger partial charge >= 0.3 is 0 Å². The molecular formula is C48H18B14N2. The van der Waals surface area contributed by atoms with Gasteiger partial charge in [-0.25, -0.2) is 0 Å². The van der Waals surface area contributed by atoms with Crippen LogP contribution in [0.4, 0.5) is 0 Å². The Morgan fingerprint density at radius 1 is 0.250 bits per heavy atom. The highest BCUT2D eigenvalue weighted by Gasteiger charge is 2.26. The average molecular weight is 774 g/mol. The average Bonchev–Trinajstić information content (AvgIpc) is 3.82. The quantitative estimate of drug-likeness (QED) is 0.158. The highest BCUT2D eigenvalue weighted by molar-refractivity contribution is 6.63. The predicted molar refractivity (Wildman–Crippen MR) is 287 cm³/mol. The monoisotopic (exact) mass is 776 g/mol. The van der Waals surface area contributed by atoms with E-state index in [2.05, 4.69) is 0 Å². The van der Waals surface area contributed by atoms with Crippen molar-refractivity contribution in [3.05, 3.63) is 109 Å². The molecule has 10 rings (SSSR count). The minimum atomic E-state index is 0.242. The molecule has 0 unspecified atom stereocenters. The molecule has 0 atom stereocenters. The molecule has 0 aliphatic heterocycles. The Morgan fingerprint density at radius 2 is 0.578 bits per heavy atom. The van der Waals surface area contributed by atoms with Crippen molar-refractivity contribution < 1.29 is 0 Å². The first kappa shape index (κ1) is 42.2. The van der Waals surface area contributed by atoms with Gasteiger partial charge in [0, 0.05) is 44.2 Å². The summed E-state index contributed by atoms with van der Waals surface area (Å²) >= 11 is 0. The fourth-order valence-electron chi connectivity index (χ4n) is 9.37. The van der Waals surface area contributed by atoms with Crippen LogP contribution in [-0.4, -0.2) is 119 Å². The van der Waals surface area contributed by atoms with Crippen LogP contribution in [0.1, 0.15) is 0 Å². The standard InChI is InChI=1S/C48H18B14N2/c49-25-7-3-1-5-21(25)19-9-11-35(27(51)13-19)63-45-31(55)15-23(41(59)37(45)39-43(61)29(53)17-33(57)47(39)63)24-16-32(56)46-38(42(24)60)40-44(62)30(54)18-34(58)48(40)64(46)36-12-10-20(14-28(36)52)22-6-2-4-8-26(22)50/h1-18H. The normalized spacial score (nSPS) is 11.7. The summed E-state index contributed by atoms with van der Waals surface area (Å²) in [6.07, 6.45) is 0. The highest BCUT2D eigenvalue weighted by Crippen LogP contribution is 2.34. The number of hydrogen-bond donors (Lipinski definition) is 0. The van der Waals surface area contributed by atoms with Gasteiger partial charge in [0.05, 0.1) is 0 Å². The number of aromatic nitrogens is 2. The summed E-state index contributed by atoms with van der Waals surface area (Å²) in [4.78, 5) is 0. The summed E-state index contributed by atoms with van der Waals surface area (Å²) in [6.45, 7) is 0. The summed E-state index contributed by atoms with van der Waals surface area (Å²) < 4.78 is 3.70. The number of benzene rings is 8. The molecule has 0 aliphatic rings. The second kappa shape index (κ2) is 15.5. The van der Waals surface area contributed by atoms with Crippen LogP contribution in [0.3, 0.4) is 0 Å². The number of fused-ring (bicyclic) bond motifs is 6. The van der Waals surface area contributed by atoms with E-state index < -0.39 is 0 Å². The van der Waals surface area contributed by atoms with Crippen LogP contribution in [0.5, 0.6) is 0 Å². The topological polar surface area (TPSA) is 9.86 Å². The first-order valence-electron chi connectivity index (χ1n) is 20.1. The zero-order valence-electron chi connectivity index (χ0n) is 34.4. The molecule has 0 fully saturated rings. The molecule has 0 amide bonds. The molecule has 2 nitrogen and oxygen atoms in total. The van der Waals surface area contributed by atoms with Gasteiger partial charge in [-0.1, -0.05) is 163 Å². The van der Waals surface area contributed by atoms with Gasteiger partial charge in [-0.2, -0.15) is 0 Å². The van der Waals surface area contributed by atoms with Gasteiger partial charge in [0.25, 0.3) is 0 Å². The van der Waals surface area contributed by atoms with Crippen LogP contribution in [0.25, 0.3) is 88.4 Å². The summed E-state index contributed by atoms with van der Waals surface area (Å²) in [7, 11) is 95.4. The highest BCUT2D eigenvalue weighted by atomic mass is 15.0. The van der Waals surface area contributed by atoms with Crippen molar-refractivity contribution >= 4 is 230 Å². The van der Waals surface area contributed by atoms with Gasteiger partial charge in [-0.3, -0.25) is 0 Å². The first-order chi connectivity index (χ1) is 30.6. The molecule has 0 spiro atoms. The Morgan fingerprint density at radius 3 is 0.922 bits per heavy atom. The summed E-state index contributed by atoms with van der Waals surface area (Å²) in [6, 6.07) is 33.0. The first-order valence-corrected chi connectivity index (χ1v) is 20.1. The lowest BCUT2D eigenvalue weighted by molar-refractivity contribution is 1.20. The lowest BCUT2D eigenvalue weighted by atomic mass is 9.70. The van der Waals surface area contributed by atoms with Crippen molar-refractivity contribution in [3.8, 4) is 44.8 Å². The number of nitrogens with zero attached hydrogens (tertiary/aromatic N) is 2. The van der Waals surface area contributed by atoms with Gasteiger partial charge in [0.15, 0.2) is 0 Å². The smallest absolute Gasteiger partial charge is 0.116 e. The Balaban J connectivity index is 1.26. The molecular weight excluding hydrogens is 756 g/mol. The Bertz CT molecular complexity index is 3440. The summed E-state index contributed by atoms with van der Waals surface area (Å²) in [5, 5.41) is 1.88. The largest absolute Gasteiger partial charge is 0.311 e. The zero-order valence-corrected chi connectivity index (χ0v) is 34.4. The lowest BCUT2D eigenvalue weighted by Crippen LogP contribution is -2.32. The Labute approximate surface area is 390 Å². The predicted octanol–water partition coefficient (Wildman–Crippen LogP) is -4.00. The molecule has 0 bridgehead atoms. The van der Waals surface area contributed by atoms with Crippen molar-refractivity contribution in [1.82, 2.24) is 9.13 Å². The fourth-order valence-corrected chi connectivity index (χ4v) is 9.37. The second-order valence-corrected chi connectivity index (χ2v) is 16.1. The minimum absolute atomic E-state index is 0.242. The van der Waals surface area contributed by atoms with Crippen molar-refractivity contribution in [2.45, 2.75) is 0 Å². The third kappa shape index (κ3) is 6.22. The van der Waals surface area contributed by atoms with Crippen LogP contribution in [0.2, 0.25) is 0 Å². The van der Waals surface area contributed by atoms with Crippen molar-refractivity contribution in [2.75, 3.05) is 0 Å². The van der Waals surface area contributed by atoms with Gasteiger partial charge in [0.2, 0.25) is 0 Å².